The first-order valence-corrected chi connectivity index (χ1v) is 8.11. The van der Waals surface area contributed by atoms with Gasteiger partial charge in [0.25, 0.3) is 10.0 Å². The number of aromatic nitrogens is 1. The number of pyridine rings is 1. The Kier molecular flexibility index (Phi) is 3.96. The van der Waals surface area contributed by atoms with Crippen LogP contribution in [0, 0.1) is 0 Å². The van der Waals surface area contributed by atoms with Gasteiger partial charge in [0, 0.05) is 16.8 Å². The van der Waals surface area contributed by atoms with E-state index in [2.05, 4.69) is 9.71 Å². The summed E-state index contributed by atoms with van der Waals surface area (Å²) in [5.41, 5.74) is 6.06. The number of sulfonamides is 1. The normalized spacial score (nSPS) is 11.2. The summed E-state index contributed by atoms with van der Waals surface area (Å²) >= 11 is 1.59. The average Bonchev–Trinajstić information content (AvgIpc) is 2.39. The molecule has 19 heavy (non-hydrogen) atoms. The highest BCUT2D eigenvalue weighted by Crippen LogP contribution is 2.21. The molecular weight excluding hydrogens is 282 g/mol. The number of hydrogen-bond acceptors (Lipinski definition) is 5. The van der Waals surface area contributed by atoms with E-state index in [-0.39, 0.29) is 10.7 Å². The summed E-state index contributed by atoms with van der Waals surface area (Å²) in [5, 5.41) is 0. The summed E-state index contributed by atoms with van der Waals surface area (Å²) in [6.45, 7) is 0. The maximum atomic E-state index is 12.1. The first kappa shape index (κ1) is 13.7. The van der Waals surface area contributed by atoms with Crippen LogP contribution in [0.25, 0.3) is 0 Å². The largest absolute Gasteiger partial charge is 0.383 e. The number of hydrogen-bond donors (Lipinski definition) is 2. The first-order valence-electron chi connectivity index (χ1n) is 5.40. The fourth-order valence-corrected chi connectivity index (χ4v) is 3.05. The SMILES string of the molecule is CSc1ccc(NS(=O)(=O)c2cccnc2N)cc1. The summed E-state index contributed by atoms with van der Waals surface area (Å²) in [6, 6.07) is 10.0. The Labute approximate surface area is 116 Å². The summed E-state index contributed by atoms with van der Waals surface area (Å²) < 4.78 is 26.8. The molecule has 1 heterocycles. The minimum Gasteiger partial charge on any atom is -0.383 e. The van der Waals surface area contributed by atoms with Crippen LogP contribution in [0.15, 0.2) is 52.4 Å². The quantitative estimate of drug-likeness (QED) is 0.845. The molecule has 3 N–H and O–H groups in total. The zero-order valence-electron chi connectivity index (χ0n) is 10.2. The molecule has 1 aromatic carbocycles. The van der Waals surface area contributed by atoms with Crippen LogP contribution in [0.3, 0.4) is 0 Å². The molecule has 100 valence electrons. The Morgan fingerprint density at radius 2 is 1.89 bits per heavy atom. The minimum atomic E-state index is -3.71. The van der Waals surface area contributed by atoms with E-state index >= 15 is 0 Å². The van der Waals surface area contributed by atoms with E-state index in [0.717, 1.165) is 4.90 Å². The van der Waals surface area contributed by atoms with Crippen molar-refractivity contribution in [3.05, 3.63) is 42.6 Å². The van der Waals surface area contributed by atoms with Crippen molar-refractivity contribution in [1.29, 1.82) is 0 Å². The number of thioether (sulfide) groups is 1. The summed E-state index contributed by atoms with van der Waals surface area (Å²) in [6.07, 6.45) is 3.40. The molecule has 5 nitrogen and oxygen atoms in total. The fourth-order valence-electron chi connectivity index (χ4n) is 1.50. The van der Waals surface area contributed by atoms with Crippen LogP contribution < -0.4 is 10.5 Å². The minimum absolute atomic E-state index is 0.0178. The van der Waals surface area contributed by atoms with Gasteiger partial charge in [-0.25, -0.2) is 13.4 Å². The highest BCUT2D eigenvalue weighted by atomic mass is 32.2. The molecule has 0 atom stereocenters. The van der Waals surface area contributed by atoms with E-state index in [9.17, 15) is 8.42 Å². The van der Waals surface area contributed by atoms with Crippen molar-refractivity contribution >= 4 is 33.3 Å². The molecule has 0 spiro atoms. The lowest BCUT2D eigenvalue weighted by atomic mass is 10.3. The van der Waals surface area contributed by atoms with Crippen molar-refractivity contribution in [3.8, 4) is 0 Å². The van der Waals surface area contributed by atoms with Crippen LogP contribution in [-0.4, -0.2) is 19.7 Å². The van der Waals surface area contributed by atoms with Crippen molar-refractivity contribution in [2.45, 2.75) is 9.79 Å². The topological polar surface area (TPSA) is 85.1 Å². The van der Waals surface area contributed by atoms with E-state index in [1.807, 2.05) is 18.4 Å². The molecule has 0 radical (unpaired) electrons. The highest BCUT2D eigenvalue weighted by Gasteiger charge is 2.17. The van der Waals surface area contributed by atoms with Crippen molar-refractivity contribution in [2.75, 3.05) is 16.7 Å². The van der Waals surface area contributed by atoms with Crippen molar-refractivity contribution in [3.63, 3.8) is 0 Å². The summed E-state index contributed by atoms with van der Waals surface area (Å²) in [7, 11) is -3.71. The predicted octanol–water partition coefficient (Wildman–Crippen LogP) is 2.19. The molecule has 0 amide bonds. The van der Waals surface area contributed by atoms with Gasteiger partial charge in [0.2, 0.25) is 0 Å². The number of nitrogens with two attached hydrogens (primary N) is 1. The van der Waals surface area contributed by atoms with Gasteiger partial charge >= 0.3 is 0 Å². The predicted molar refractivity (Wildman–Crippen MR) is 77.7 cm³/mol. The molecule has 0 unspecified atom stereocenters. The Morgan fingerprint density at radius 3 is 2.47 bits per heavy atom. The van der Waals surface area contributed by atoms with E-state index in [1.54, 1.807) is 23.9 Å². The van der Waals surface area contributed by atoms with Crippen LogP contribution >= 0.6 is 11.8 Å². The van der Waals surface area contributed by atoms with E-state index in [0.29, 0.717) is 5.69 Å². The lowest BCUT2D eigenvalue weighted by Gasteiger charge is -2.09. The zero-order valence-corrected chi connectivity index (χ0v) is 11.8. The number of nitrogens with zero attached hydrogens (tertiary/aromatic N) is 1. The maximum Gasteiger partial charge on any atom is 0.265 e. The Balaban J connectivity index is 2.28. The molecule has 0 aliphatic rings. The Hall–Kier alpha value is -1.73. The van der Waals surface area contributed by atoms with E-state index < -0.39 is 10.0 Å². The van der Waals surface area contributed by atoms with Gasteiger partial charge in [-0.15, -0.1) is 11.8 Å². The zero-order chi connectivity index (χ0) is 13.9. The van der Waals surface area contributed by atoms with Crippen LogP contribution in [-0.2, 0) is 10.0 Å². The number of rotatable bonds is 4. The third-order valence-electron chi connectivity index (χ3n) is 2.43. The number of anilines is 2. The summed E-state index contributed by atoms with van der Waals surface area (Å²) in [5.74, 6) is -0.0178. The molecule has 7 heteroatoms. The van der Waals surface area contributed by atoms with Crippen molar-refractivity contribution < 1.29 is 8.42 Å². The molecule has 0 bridgehead atoms. The molecule has 0 saturated heterocycles. The maximum absolute atomic E-state index is 12.1. The van der Waals surface area contributed by atoms with Gasteiger partial charge in [0.05, 0.1) is 0 Å². The molecule has 2 rings (SSSR count). The summed E-state index contributed by atoms with van der Waals surface area (Å²) in [4.78, 5) is 4.80. The second kappa shape index (κ2) is 5.50. The molecule has 0 aliphatic carbocycles. The van der Waals surface area contributed by atoms with Crippen LogP contribution in [0.5, 0.6) is 0 Å². The van der Waals surface area contributed by atoms with Gasteiger partial charge in [0.15, 0.2) is 0 Å². The standard InChI is InChI=1S/C12H13N3O2S2/c1-18-10-6-4-9(5-7-10)15-19(16,17)11-3-2-8-14-12(11)13/h2-8,15H,1H3,(H2,13,14). The highest BCUT2D eigenvalue weighted by molar-refractivity contribution is 7.98. The van der Waals surface area contributed by atoms with Crippen molar-refractivity contribution in [2.24, 2.45) is 0 Å². The molecule has 2 aromatic rings. The van der Waals surface area contributed by atoms with Crippen molar-refractivity contribution in [1.82, 2.24) is 4.98 Å². The van der Waals surface area contributed by atoms with Gasteiger partial charge in [0.1, 0.15) is 10.7 Å². The number of nitrogens with one attached hydrogen (secondary N) is 1. The number of benzene rings is 1. The van der Waals surface area contributed by atoms with Gasteiger partial charge in [-0.1, -0.05) is 0 Å². The van der Waals surface area contributed by atoms with E-state index in [4.69, 9.17) is 5.73 Å². The third kappa shape index (κ3) is 3.18. The van der Waals surface area contributed by atoms with Crippen LogP contribution in [0.1, 0.15) is 0 Å². The van der Waals surface area contributed by atoms with Gasteiger partial charge < -0.3 is 5.73 Å². The second-order valence-electron chi connectivity index (χ2n) is 3.72. The Bertz CT molecular complexity index is 670. The van der Waals surface area contributed by atoms with Crippen LogP contribution in [0.4, 0.5) is 11.5 Å². The van der Waals surface area contributed by atoms with Gasteiger partial charge in [-0.05, 0) is 42.7 Å². The lowest BCUT2D eigenvalue weighted by molar-refractivity contribution is 0.601. The second-order valence-corrected chi connectivity index (χ2v) is 6.25. The molecule has 0 saturated carbocycles. The van der Waals surface area contributed by atoms with Crippen LogP contribution in [0.2, 0.25) is 0 Å². The first-order chi connectivity index (χ1) is 9.03. The fraction of sp³-hybridized carbons (Fsp3) is 0.0833. The Morgan fingerprint density at radius 1 is 1.21 bits per heavy atom. The average molecular weight is 295 g/mol. The molecular formula is C12H13N3O2S2. The molecule has 0 fully saturated rings. The van der Waals surface area contributed by atoms with Gasteiger partial charge in [-0.3, -0.25) is 4.72 Å². The lowest BCUT2D eigenvalue weighted by Crippen LogP contribution is -2.15. The monoisotopic (exact) mass is 295 g/mol. The molecule has 1 aromatic heterocycles. The third-order valence-corrected chi connectivity index (χ3v) is 4.60. The molecule has 0 aliphatic heterocycles. The number of nitrogen functional groups attached to an aromatic ring is 1. The van der Waals surface area contributed by atoms with Gasteiger partial charge in [-0.2, -0.15) is 0 Å². The smallest absolute Gasteiger partial charge is 0.265 e. The van der Waals surface area contributed by atoms with E-state index in [1.165, 1.54) is 18.3 Å².